The van der Waals surface area contributed by atoms with E-state index in [9.17, 15) is 14.4 Å². The van der Waals surface area contributed by atoms with Gasteiger partial charge < -0.3 is 15.2 Å². The second kappa shape index (κ2) is 7.57. The molecule has 1 aliphatic rings. The third kappa shape index (κ3) is 5.56. The second-order valence-corrected chi connectivity index (χ2v) is 4.30. The zero-order valence-corrected chi connectivity index (χ0v) is 10.8. The lowest BCUT2D eigenvalue weighted by molar-refractivity contribution is -0.147. The van der Waals surface area contributed by atoms with Gasteiger partial charge in [-0.05, 0) is 12.8 Å². The van der Waals surface area contributed by atoms with Crippen molar-refractivity contribution in [3.8, 4) is 0 Å². The Kier molecular flexibility index (Phi) is 6.07. The number of urea groups is 1. The van der Waals surface area contributed by atoms with Crippen LogP contribution >= 0.6 is 0 Å². The van der Waals surface area contributed by atoms with Crippen molar-refractivity contribution in [2.45, 2.75) is 31.7 Å². The minimum absolute atomic E-state index is 0.404. The van der Waals surface area contributed by atoms with Crippen molar-refractivity contribution < 1.29 is 24.2 Å². The van der Waals surface area contributed by atoms with E-state index in [2.05, 4.69) is 15.5 Å². The van der Waals surface area contributed by atoms with Gasteiger partial charge in [0.05, 0.1) is 13.5 Å². The molecule has 0 unspecified atom stereocenters. The van der Waals surface area contributed by atoms with Crippen molar-refractivity contribution in [3.63, 3.8) is 0 Å². The van der Waals surface area contributed by atoms with Crippen LogP contribution in [0.5, 0.6) is 0 Å². The molecule has 108 valence electrons. The Balaban J connectivity index is 2.41. The maximum atomic E-state index is 11.6. The smallest absolute Gasteiger partial charge is 0.330 e. The first kappa shape index (κ1) is 15.2. The quantitative estimate of drug-likeness (QED) is 0.594. The van der Waals surface area contributed by atoms with E-state index in [1.807, 2.05) is 0 Å². The highest BCUT2D eigenvalue weighted by atomic mass is 16.5. The molecule has 2 amide bonds. The number of nitrogens with one attached hydrogen (secondary N) is 2. The van der Waals surface area contributed by atoms with Crippen LogP contribution in [0.1, 0.15) is 25.7 Å². The summed E-state index contributed by atoms with van der Waals surface area (Å²) in [6.45, 7) is 1.48. The number of carbonyl (C=O) groups is 3. The van der Waals surface area contributed by atoms with Crippen LogP contribution < -0.4 is 10.7 Å². The first-order valence-corrected chi connectivity index (χ1v) is 6.14. The van der Waals surface area contributed by atoms with Crippen LogP contribution in [0.15, 0.2) is 0 Å². The molecule has 1 fully saturated rings. The van der Waals surface area contributed by atoms with Gasteiger partial charge in [-0.15, -0.1) is 0 Å². The minimum atomic E-state index is -1.29. The normalized spacial score (nSPS) is 17.3. The summed E-state index contributed by atoms with van der Waals surface area (Å²) in [5.74, 6) is -1.97. The standard InChI is InChI=1S/C11H19N3O5/c1-19-9(15)7-8(10(16)17)12-11(18)13-14-5-3-2-4-6-14/h8H,2-7H2,1H3,(H,16,17)(H2,12,13,18)/t8-/m0/s1. The number of rotatable bonds is 5. The number of hydrogen-bond acceptors (Lipinski definition) is 5. The summed E-state index contributed by atoms with van der Waals surface area (Å²) in [7, 11) is 1.16. The molecule has 1 atom stereocenters. The van der Waals surface area contributed by atoms with E-state index in [0.717, 1.165) is 39.5 Å². The monoisotopic (exact) mass is 273 g/mol. The highest BCUT2D eigenvalue weighted by Gasteiger charge is 2.24. The number of esters is 1. The Labute approximate surface area is 111 Å². The molecule has 19 heavy (non-hydrogen) atoms. The minimum Gasteiger partial charge on any atom is -0.480 e. The predicted octanol–water partition coefficient (Wildman–Crippen LogP) is -0.297. The molecule has 0 aromatic carbocycles. The number of carbonyl (C=O) groups excluding carboxylic acids is 2. The number of methoxy groups -OCH3 is 1. The molecule has 0 aromatic heterocycles. The first-order chi connectivity index (χ1) is 9.02. The van der Waals surface area contributed by atoms with E-state index < -0.39 is 30.4 Å². The van der Waals surface area contributed by atoms with Crippen molar-refractivity contribution in [2.24, 2.45) is 0 Å². The fraction of sp³-hybridized carbons (Fsp3) is 0.727. The van der Waals surface area contributed by atoms with Gasteiger partial charge >= 0.3 is 18.0 Å². The molecule has 8 nitrogen and oxygen atoms in total. The molecule has 1 aliphatic heterocycles. The maximum Gasteiger partial charge on any atom is 0.330 e. The van der Waals surface area contributed by atoms with Gasteiger partial charge in [0.15, 0.2) is 0 Å². The molecule has 0 bridgehead atoms. The van der Waals surface area contributed by atoms with Gasteiger partial charge in [0.2, 0.25) is 0 Å². The summed E-state index contributed by atoms with van der Waals surface area (Å²) < 4.78 is 4.38. The van der Waals surface area contributed by atoms with Crippen molar-refractivity contribution >= 4 is 18.0 Å². The number of nitrogens with zero attached hydrogens (tertiary/aromatic N) is 1. The first-order valence-electron chi connectivity index (χ1n) is 6.14. The van der Waals surface area contributed by atoms with Crippen molar-refractivity contribution in [1.29, 1.82) is 0 Å². The van der Waals surface area contributed by atoms with Crippen LogP contribution in [0.4, 0.5) is 4.79 Å². The molecule has 0 saturated carbocycles. The van der Waals surface area contributed by atoms with E-state index in [1.54, 1.807) is 5.01 Å². The van der Waals surface area contributed by atoms with E-state index in [1.165, 1.54) is 0 Å². The average Bonchev–Trinajstić information content (AvgIpc) is 2.38. The molecule has 0 aromatic rings. The topological polar surface area (TPSA) is 108 Å². The van der Waals surface area contributed by atoms with Crippen LogP contribution in [0.2, 0.25) is 0 Å². The highest BCUT2D eigenvalue weighted by molar-refractivity contribution is 5.86. The van der Waals surface area contributed by atoms with Crippen LogP contribution in [-0.2, 0) is 14.3 Å². The van der Waals surface area contributed by atoms with Crippen LogP contribution in [-0.4, -0.2) is 54.3 Å². The summed E-state index contributed by atoms with van der Waals surface area (Å²) in [4.78, 5) is 33.6. The molecule has 0 spiro atoms. The number of piperidine rings is 1. The third-order valence-electron chi connectivity index (χ3n) is 2.82. The molecule has 1 rings (SSSR count). The molecular weight excluding hydrogens is 254 g/mol. The molecule has 1 heterocycles. The Morgan fingerprint density at radius 1 is 1.26 bits per heavy atom. The fourth-order valence-electron chi connectivity index (χ4n) is 1.79. The van der Waals surface area contributed by atoms with Crippen LogP contribution in [0, 0.1) is 0 Å². The second-order valence-electron chi connectivity index (χ2n) is 4.30. The molecular formula is C11H19N3O5. The molecule has 3 N–H and O–H groups in total. The highest BCUT2D eigenvalue weighted by Crippen LogP contribution is 2.05. The third-order valence-corrected chi connectivity index (χ3v) is 2.82. The zero-order chi connectivity index (χ0) is 14.3. The summed E-state index contributed by atoms with van der Waals surface area (Å²) in [6, 6.07) is -1.92. The fourth-order valence-corrected chi connectivity index (χ4v) is 1.79. The number of carboxylic acid groups (broad SMARTS) is 1. The lowest BCUT2D eigenvalue weighted by Crippen LogP contribution is -2.53. The number of carboxylic acids is 1. The van der Waals surface area contributed by atoms with Gasteiger partial charge in [-0.1, -0.05) is 6.42 Å². The average molecular weight is 273 g/mol. The number of aliphatic carboxylic acids is 1. The Hall–Kier alpha value is -1.83. The molecule has 1 saturated heterocycles. The number of amides is 2. The predicted molar refractivity (Wildman–Crippen MR) is 65.1 cm³/mol. The van der Waals surface area contributed by atoms with Gasteiger partial charge in [0.25, 0.3) is 0 Å². The Bertz CT molecular complexity index is 341. The van der Waals surface area contributed by atoms with Crippen LogP contribution in [0.3, 0.4) is 0 Å². The molecule has 8 heteroatoms. The Morgan fingerprint density at radius 2 is 1.89 bits per heavy atom. The lowest BCUT2D eigenvalue weighted by atomic mass is 10.2. The SMILES string of the molecule is COC(=O)C[C@H](NC(=O)NN1CCCCC1)C(=O)O. The van der Waals surface area contributed by atoms with E-state index in [-0.39, 0.29) is 0 Å². The van der Waals surface area contributed by atoms with Gasteiger partial charge in [-0.3, -0.25) is 10.2 Å². The van der Waals surface area contributed by atoms with Gasteiger partial charge in [-0.2, -0.15) is 0 Å². The van der Waals surface area contributed by atoms with Crippen molar-refractivity contribution in [1.82, 2.24) is 15.8 Å². The van der Waals surface area contributed by atoms with Gasteiger partial charge in [0, 0.05) is 13.1 Å². The van der Waals surface area contributed by atoms with Gasteiger partial charge in [0.1, 0.15) is 6.04 Å². The number of hydrazine groups is 1. The molecule has 0 aliphatic carbocycles. The summed E-state index contributed by atoms with van der Waals surface area (Å²) in [6.07, 6.45) is 2.70. The summed E-state index contributed by atoms with van der Waals surface area (Å²) >= 11 is 0. The van der Waals surface area contributed by atoms with Crippen molar-refractivity contribution in [3.05, 3.63) is 0 Å². The maximum absolute atomic E-state index is 11.6. The number of hydrogen-bond donors (Lipinski definition) is 3. The largest absolute Gasteiger partial charge is 0.480 e. The lowest BCUT2D eigenvalue weighted by Gasteiger charge is -2.27. The summed E-state index contributed by atoms with van der Waals surface area (Å²) in [5.41, 5.74) is 2.56. The van der Waals surface area contributed by atoms with E-state index in [0.29, 0.717) is 0 Å². The van der Waals surface area contributed by atoms with E-state index >= 15 is 0 Å². The van der Waals surface area contributed by atoms with Crippen molar-refractivity contribution in [2.75, 3.05) is 20.2 Å². The van der Waals surface area contributed by atoms with E-state index in [4.69, 9.17) is 5.11 Å². The zero-order valence-electron chi connectivity index (χ0n) is 10.8. The summed E-state index contributed by atoms with van der Waals surface area (Å²) in [5, 5.41) is 12.9. The van der Waals surface area contributed by atoms with Crippen LogP contribution in [0.25, 0.3) is 0 Å². The Morgan fingerprint density at radius 3 is 2.42 bits per heavy atom. The van der Waals surface area contributed by atoms with Gasteiger partial charge in [-0.25, -0.2) is 14.6 Å². The molecule has 0 radical (unpaired) electrons. The number of ether oxygens (including phenoxy) is 1.